The van der Waals surface area contributed by atoms with Crippen LogP contribution in [0.25, 0.3) is 0 Å². The highest BCUT2D eigenvalue weighted by Gasteiger charge is 2.11. The lowest BCUT2D eigenvalue weighted by Gasteiger charge is -1.99. The standard InChI is InChI=1S/C10H13ClN2O2/c1-3-4-8-5-9(13-12-8)10(14)15-6-7(2)11/h5H,2-4,6H2,1H3,(H,12,13). The molecule has 0 spiro atoms. The molecule has 1 heterocycles. The number of nitrogens with one attached hydrogen (secondary N) is 1. The van der Waals surface area contributed by atoms with Crippen LogP contribution in [0.3, 0.4) is 0 Å². The Kier molecular flexibility index (Phi) is 4.37. The summed E-state index contributed by atoms with van der Waals surface area (Å²) >= 11 is 5.46. The quantitative estimate of drug-likeness (QED) is 0.787. The second kappa shape index (κ2) is 5.56. The van der Waals surface area contributed by atoms with E-state index < -0.39 is 5.97 Å². The maximum Gasteiger partial charge on any atom is 0.359 e. The first-order valence-corrected chi connectivity index (χ1v) is 5.06. The van der Waals surface area contributed by atoms with Crippen LogP contribution >= 0.6 is 11.6 Å². The summed E-state index contributed by atoms with van der Waals surface area (Å²) in [7, 11) is 0. The van der Waals surface area contributed by atoms with Crippen LogP contribution in [0, 0.1) is 0 Å². The molecule has 0 radical (unpaired) electrons. The van der Waals surface area contributed by atoms with Gasteiger partial charge in [-0.05, 0) is 12.5 Å². The van der Waals surface area contributed by atoms with E-state index in [2.05, 4.69) is 23.7 Å². The van der Waals surface area contributed by atoms with Gasteiger partial charge in [0.05, 0.1) is 0 Å². The van der Waals surface area contributed by atoms with Crippen LogP contribution in [0.15, 0.2) is 17.7 Å². The minimum Gasteiger partial charge on any atom is -0.455 e. The Morgan fingerprint density at radius 2 is 2.47 bits per heavy atom. The van der Waals surface area contributed by atoms with Crippen molar-refractivity contribution in [3.05, 3.63) is 29.1 Å². The van der Waals surface area contributed by atoms with Gasteiger partial charge in [0.25, 0.3) is 0 Å². The molecule has 5 heteroatoms. The minimum absolute atomic E-state index is 0.0103. The molecule has 0 atom stereocenters. The maximum absolute atomic E-state index is 11.4. The highest BCUT2D eigenvalue weighted by Crippen LogP contribution is 2.05. The van der Waals surface area contributed by atoms with Gasteiger partial charge >= 0.3 is 5.97 Å². The van der Waals surface area contributed by atoms with Crippen LogP contribution in [-0.2, 0) is 11.2 Å². The summed E-state index contributed by atoms with van der Waals surface area (Å²) in [5, 5.41) is 6.89. The zero-order valence-corrected chi connectivity index (χ0v) is 9.30. The number of esters is 1. The Morgan fingerprint density at radius 1 is 1.73 bits per heavy atom. The molecule has 15 heavy (non-hydrogen) atoms. The lowest BCUT2D eigenvalue weighted by molar-refractivity contribution is 0.0539. The van der Waals surface area contributed by atoms with Gasteiger partial charge in [0.15, 0.2) is 5.69 Å². The number of hydrogen-bond donors (Lipinski definition) is 1. The van der Waals surface area contributed by atoms with Crippen LogP contribution in [0.5, 0.6) is 0 Å². The van der Waals surface area contributed by atoms with Crippen molar-refractivity contribution in [1.29, 1.82) is 0 Å². The maximum atomic E-state index is 11.4. The van der Waals surface area contributed by atoms with Crippen LogP contribution in [0.1, 0.15) is 29.5 Å². The first-order valence-electron chi connectivity index (χ1n) is 4.68. The topological polar surface area (TPSA) is 55.0 Å². The number of halogens is 1. The molecule has 82 valence electrons. The van der Waals surface area contributed by atoms with Crippen LogP contribution in [0.2, 0.25) is 0 Å². The van der Waals surface area contributed by atoms with E-state index in [1.54, 1.807) is 6.07 Å². The lowest BCUT2D eigenvalue weighted by Crippen LogP contribution is -2.06. The number of aromatic nitrogens is 2. The Labute approximate surface area is 93.3 Å². The van der Waals surface area contributed by atoms with Crippen molar-refractivity contribution in [2.45, 2.75) is 19.8 Å². The third-order valence-electron chi connectivity index (χ3n) is 1.72. The summed E-state index contributed by atoms with van der Waals surface area (Å²) in [5.74, 6) is -0.490. The van der Waals surface area contributed by atoms with E-state index in [1.165, 1.54) is 0 Å². The predicted molar refractivity (Wildman–Crippen MR) is 57.9 cm³/mol. The Bertz CT molecular complexity index is 360. The highest BCUT2D eigenvalue weighted by molar-refractivity contribution is 6.29. The van der Waals surface area contributed by atoms with E-state index in [-0.39, 0.29) is 17.3 Å². The van der Waals surface area contributed by atoms with E-state index in [0.717, 1.165) is 18.5 Å². The first-order chi connectivity index (χ1) is 7.13. The molecule has 0 saturated heterocycles. The average molecular weight is 229 g/mol. The number of aryl methyl sites for hydroxylation is 1. The average Bonchev–Trinajstić information content (AvgIpc) is 2.63. The smallest absolute Gasteiger partial charge is 0.359 e. The molecular weight excluding hydrogens is 216 g/mol. The van der Waals surface area contributed by atoms with Crippen molar-refractivity contribution in [2.24, 2.45) is 0 Å². The largest absolute Gasteiger partial charge is 0.455 e. The third-order valence-corrected chi connectivity index (χ3v) is 1.83. The van der Waals surface area contributed by atoms with Crippen molar-refractivity contribution in [1.82, 2.24) is 10.2 Å². The van der Waals surface area contributed by atoms with Gasteiger partial charge in [0, 0.05) is 10.7 Å². The molecule has 0 fully saturated rings. The number of ether oxygens (including phenoxy) is 1. The molecule has 1 aromatic rings. The monoisotopic (exact) mass is 228 g/mol. The van der Waals surface area contributed by atoms with Gasteiger partial charge in [-0.15, -0.1) is 0 Å². The number of carbonyl (C=O) groups is 1. The van der Waals surface area contributed by atoms with Crippen LogP contribution < -0.4 is 0 Å². The fourth-order valence-corrected chi connectivity index (χ4v) is 1.14. The molecule has 0 aliphatic heterocycles. The summed E-state index contributed by atoms with van der Waals surface area (Å²) in [6.45, 7) is 5.48. The van der Waals surface area contributed by atoms with Crippen molar-refractivity contribution in [3.8, 4) is 0 Å². The van der Waals surface area contributed by atoms with Gasteiger partial charge in [0.2, 0.25) is 0 Å². The summed E-state index contributed by atoms with van der Waals surface area (Å²) in [6, 6.07) is 1.68. The molecule has 4 nitrogen and oxygen atoms in total. The summed E-state index contributed by atoms with van der Waals surface area (Å²) in [4.78, 5) is 11.4. The van der Waals surface area contributed by atoms with Crippen molar-refractivity contribution >= 4 is 17.6 Å². The van der Waals surface area contributed by atoms with Gasteiger partial charge < -0.3 is 4.74 Å². The molecule has 1 N–H and O–H groups in total. The van der Waals surface area contributed by atoms with Crippen molar-refractivity contribution in [2.75, 3.05) is 6.61 Å². The van der Waals surface area contributed by atoms with Gasteiger partial charge in [-0.1, -0.05) is 31.5 Å². The third kappa shape index (κ3) is 3.75. The van der Waals surface area contributed by atoms with Crippen LogP contribution in [0.4, 0.5) is 0 Å². The molecule has 0 aromatic carbocycles. The van der Waals surface area contributed by atoms with Crippen LogP contribution in [-0.4, -0.2) is 22.8 Å². The molecule has 0 bridgehead atoms. The molecule has 0 aliphatic rings. The normalized spacial score (nSPS) is 10.0. The van der Waals surface area contributed by atoms with Gasteiger partial charge in [-0.2, -0.15) is 5.10 Å². The molecule has 0 saturated carbocycles. The number of hydrogen-bond acceptors (Lipinski definition) is 3. The molecular formula is C10H13ClN2O2. The number of H-pyrrole nitrogens is 1. The molecule has 0 unspecified atom stereocenters. The predicted octanol–water partition coefficient (Wildman–Crippen LogP) is 2.27. The van der Waals surface area contributed by atoms with Gasteiger partial charge in [-0.3, -0.25) is 5.10 Å². The number of aromatic amines is 1. The van der Waals surface area contributed by atoms with E-state index >= 15 is 0 Å². The second-order valence-corrected chi connectivity index (χ2v) is 3.66. The summed E-state index contributed by atoms with van der Waals surface area (Å²) < 4.78 is 4.83. The van der Waals surface area contributed by atoms with E-state index in [4.69, 9.17) is 16.3 Å². The van der Waals surface area contributed by atoms with E-state index in [1.807, 2.05) is 0 Å². The summed E-state index contributed by atoms with van der Waals surface area (Å²) in [5.41, 5.74) is 1.20. The number of nitrogens with zero attached hydrogens (tertiary/aromatic N) is 1. The highest BCUT2D eigenvalue weighted by atomic mass is 35.5. The second-order valence-electron chi connectivity index (χ2n) is 3.12. The van der Waals surface area contributed by atoms with E-state index in [9.17, 15) is 4.79 Å². The SMILES string of the molecule is C=C(Cl)COC(=O)c1cc(CCC)[nH]n1. The zero-order valence-electron chi connectivity index (χ0n) is 8.55. The summed E-state index contributed by atoms with van der Waals surface area (Å²) in [6.07, 6.45) is 1.86. The minimum atomic E-state index is -0.490. The molecule has 0 aliphatic carbocycles. The molecule has 1 aromatic heterocycles. The van der Waals surface area contributed by atoms with Gasteiger partial charge in [0.1, 0.15) is 6.61 Å². The molecule has 0 amide bonds. The number of carbonyl (C=O) groups excluding carboxylic acids is 1. The molecule has 1 rings (SSSR count). The van der Waals surface area contributed by atoms with Crippen molar-refractivity contribution < 1.29 is 9.53 Å². The van der Waals surface area contributed by atoms with Gasteiger partial charge in [-0.25, -0.2) is 4.79 Å². The number of rotatable bonds is 5. The Balaban J connectivity index is 2.54. The fourth-order valence-electron chi connectivity index (χ4n) is 1.08. The Hall–Kier alpha value is -1.29. The zero-order chi connectivity index (χ0) is 11.3. The van der Waals surface area contributed by atoms with E-state index in [0.29, 0.717) is 0 Å². The lowest BCUT2D eigenvalue weighted by atomic mass is 10.2. The Morgan fingerprint density at radius 3 is 3.07 bits per heavy atom. The van der Waals surface area contributed by atoms with Crippen molar-refractivity contribution in [3.63, 3.8) is 0 Å². The fraction of sp³-hybridized carbons (Fsp3) is 0.400. The first kappa shape index (κ1) is 11.8.